The molecular formula is C20H18N4O2S. The van der Waals surface area contributed by atoms with Crippen LogP contribution in [0.3, 0.4) is 0 Å². The number of furan rings is 1. The lowest BCUT2D eigenvalue weighted by Crippen LogP contribution is -2.23. The molecule has 0 bridgehead atoms. The Hall–Kier alpha value is -3.19. The fourth-order valence-electron chi connectivity index (χ4n) is 2.82. The highest BCUT2D eigenvalue weighted by Crippen LogP contribution is 2.28. The van der Waals surface area contributed by atoms with E-state index in [1.165, 1.54) is 11.3 Å². The Bertz CT molecular complexity index is 1070. The Kier molecular flexibility index (Phi) is 4.60. The molecule has 7 heteroatoms. The van der Waals surface area contributed by atoms with Gasteiger partial charge in [0.25, 0.3) is 5.91 Å². The maximum atomic E-state index is 12.6. The fourth-order valence-corrected chi connectivity index (χ4v) is 3.79. The van der Waals surface area contributed by atoms with Gasteiger partial charge in [-0.05, 0) is 38.1 Å². The highest BCUT2D eigenvalue weighted by atomic mass is 32.1. The van der Waals surface area contributed by atoms with Gasteiger partial charge in [-0.15, -0.1) is 11.3 Å². The normalized spacial score (nSPS) is 10.9. The first-order valence-electron chi connectivity index (χ1n) is 8.52. The summed E-state index contributed by atoms with van der Waals surface area (Å²) in [5.41, 5.74) is 3.18. The van der Waals surface area contributed by atoms with E-state index >= 15 is 0 Å². The van der Waals surface area contributed by atoms with Crippen LogP contribution in [0.25, 0.3) is 16.5 Å². The minimum atomic E-state index is -0.151. The Morgan fingerprint density at radius 1 is 1.19 bits per heavy atom. The van der Waals surface area contributed by atoms with Gasteiger partial charge in [0, 0.05) is 4.88 Å². The van der Waals surface area contributed by atoms with E-state index in [1.54, 1.807) is 17.1 Å². The molecule has 0 saturated heterocycles. The number of hydrogen-bond donors (Lipinski definition) is 1. The van der Waals surface area contributed by atoms with Crippen LogP contribution in [0.2, 0.25) is 0 Å². The van der Waals surface area contributed by atoms with Crippen LogP contribution in [0.5, 0.6) is 0 Å². The van der Waals surface area contributed by atoms with Gasteiger partial charge >= 0.3 is 0 Å². The Labute approximate surface area is 160 Å². The Balaban J connectivity index is 1.49. The molecule has 0 aliphatic heterocycles. The average Bonchev–Trinajstić information content (AvgIpc) is 3.41. The van der Waals surface area contributed by atoms with E-state index < -0.39 is 0 Å². The van der Waals surface area contributed by atoms with Crippen molar-refractivity contribution in [2.45, 2.75) is 20.4 Å². The van der Waals surface area contributed by atoms with Crippen molar-refractivity contribution in [2.75, 3.05) is 0 Å². The first-order chi connectivity index (χ1) is 13.1. The molecule has 0 saturated carbocycles. The van der Waals surface area contributed by atoms with Crippen LogP contribution < -0.4 is 5.32 Å². The summed E-state index contributed by atoms with van der Waals surface area (Å²) in [6, 6.07) is 13.5. The molecule has 0 aliphatic rings. The second-order valence-corrected chi connectivity index (χ2v) is 7.16. The molecule has 3 heterocycles. The van der Waals surface area contributed by atoms with E-state index in [9.17, 15) is 4.79 Å². The van der Waals surface area contributed by atoms with Gasteiger partial charge in [-0.3, -0.25) is 4.79 Å². The molecule has 0 aliphatic carbocycles. The number of benzene rings is 1. The number of hydrogen-bond acceptors (Lipinski definition) is 5. The van der Waals surface area contributed by atoms with Crippen molar-refractivity contribution in [3.8, 4) is 16.5 Å². The molecule has 0 radical (unpaired) electrons. The topological polar surface area (TPSA) is 73.0 Å². The van der Waals surface area contributed by atoms with Gasteiger partial charge in [-0.25, -0.2) is 9.67 Å². The zero-order valence-electron chi connectivity index (χ0n) is 15.0. The van der Waals surface area contributed by atoms with Gasteiger partial charge in [0.15, 0.2) is 10.8 Å². The largest absolute Gasteiger partial charge is 0.462 e. The Morgan fingerprint density at radius 3 is 2.74 bits per heavy atom. The molecule has 0 spiro atoms. The molecule has 4 rings (SSSR count). The van der Waals surface area contributed by atoms with E-state index in [2.05, 4.69) is 15.4 Å². The van der Waals surface area contributed by atoms with Crippen LogP contribution >= 0.6 is 11.3 Å². The third-order valence-electron chi connectivity index (χ3n) is 4.29. The maximum absolute atomic E-state index is 12.6. The summed E-state index contributed by atoms with van der Waals surface area (Å²) in [5, 5.41) is 8.13. The van der Waals surface area contributed by atoms with Crippen molar-refractivity contribution >= 4 is 17.2 Å². The molecule has 4 aromatic rings. The quantitative estimate of drug-likeness (QED) is 0.567. The van der Waals surface area contributed by atoms with Gasteiger partial charge in [0.1, 0.15) is 0 Å². The van der Waals surface area contributed by atoms with Gasteiger partial charge in [0.05, 0.1) is 41.6 Å². The lowest BCUT2D eigenvalue weighted by molar-refractivity contribution is 0.0950. The van der Waals surface area contributed by atoms with E-state index in [1.807, 2.05) is 56.3 Å². The number of carbonyl (C=O) groups excluding carboxylic acids is 1. The SMILES string of the molecule is Cc1nc(-c2ccco2)sc1CNC(=O)c1cnn(-c2ccccc2)c1C. The average molecular weight is 378 g/mol. The van der Waals surface area contributed by atoms with Crippen molar-refractivity contribution in [2.24, 2.45) is 0 Å². The van der Waals surface area contributed by atoms with Crippen molar-refractivity contribution < 1.29 is 9.21 Å². The van der Waals surface area contributed by atoms with E-state index in [0.717, 1.165) is 32.7 Å². The van der Waals surface area contributed by atoms with Crippen LogP contribution in [0, 0.1) is 13.8 Å². The summed E-state index contributed by atoms with van der Waals surface area (Å²) in [4.78, 5) is 18.2. The number of aromatic nitrogens is 3. The third kappa shape index (κ3) is 3.41. The van der Waals surface area contributed by atoms with Crippen LogP contribution in [0.4, 0.5) is 0 Å². The number of amides is 1. The zero-order chi connectivity index (χ0) is 18.8. The monoisotopic (exact) mass is 378 g/mol. The summed E-state index contributed by atoms with van der Waals surface area (Å²) in [6.07, 6.45) is 3.23. The smallest absolute Gasteiger partial charge is 0.255 e. The summed E-state index contributed by atoms with van der Waals surface area (Å²) >= 11 is 1.52. The maximum Gasteiger partial charge on any atom is 0.255 e. The second kappa shape index (κ2) is 7.20. The predicted molar refractivity (Wildman–Crippen MR) is 104 cm³/mol. The van der Waals surface area contributed by atoms with Crippen LogP contribution in [-0.4, -0.2) is 20.7 Å². The van der Waals surface area contributed by atoms with E-state index in [0.29, 0.717) is 12.1 Å². The minimum Gasteiger partial charge on any atom is -0.462 e. The summed E-state index contributed by atoms with van der Waals surface area (Å²) in [6.45, 7) is 4.24. The number of nitrogens with one attached hydrogen (secondary N) is 1. The lowest BCUT2D eigenvalue weighted by atomic mass is 10.2. The predicted octanol–water partition coefficient (Wildman–Crippen LogP) is 4.14. The lowest BCUT2D eigenvalue weighted by Gasteiger charge is -2.06. The molecule has 136 valence electrons. The minimum absolute atomic E-state index is 0.151. The first kappa shape index (κ1) is 17.2. The molecule has 1 N–H and O–H groups in total. The number of carbonyl (C=O) groups is 1. The van der Waals surface area contributed by atoms with Crippen LogP contribution in [0.15, 0.2) is 59.3 Å². The molecule has 1 aromatic carbocycles. The van der Waals surface area contributed by atoms with E-state index in [-0.39, 0.29) is 5.91 Å². The number of thiazole rings is 1. The zero-order valence-corrected chi connectivity index (χ0v) is 15.8. The number of para-hydroxylation sites is 1. The van der Waals surface area contributed by atoms with Gasteiger partial charge in [0.2, 0.25) is 0 Å². The highest BCUT2D eigenvalue weighted by molar-refractivity contribution is 7.15. The van der Waals surface area contributed by atoms with Crippen molar-refractivity contribution in [3.05, 3.63) is 76.8 Å². The molecule has 1 amide bonds. The van der Waals surface area contributed by atoms with Crippen molar-refractivity contribution in [3.63, 3.8) is 0 Å². The van der Waals surface area contributed by atoms with Crippen molar-refractivity contribution in [1.82, 2.24) is 20.1 Å². The molecule has 0 fully saturated rings. The number of aryl methyl sites for hydroxylation is 1. The standard InChI is InChI=1S/C20H18N4O2S/c1-13-18(27-20(23-13)17-9-6-10-26-17)12-21-19(25)16-11-22-24(14(16)2)15-7-4-3-5-8-15/h3-11H,12H2,1-2H3,(H,21,25). The van der Waals surface area contributed by atoms with Gasteiger partial charge < -0.3 is 9.73 Å². The molecule has 0 unspecified atom stereocenters. The second-order valence-electron chi connectivity index (χ2n) is 6.08. The van der Waals surface area contributed by atoms with Crippen LogP contribution in [-0.2, 0) is 6.54 Å². The summed E-state index contributed by atoms with van der Waals surface area (Å²) in [7, 11) is 0. The first-order valence-corrected chi connectivity index (χ1v) is 9.33. The number of rotatable bonds is 5. The molecule has 0 atom stereocenters. The summed E-state index contributed by atoms with van der Waals surface area (Å²) < 4.78 is 7.16. The van der Waals surface area contributed by atoms with Gasteiger partial charge in [-0.2, -0.15) is 5.10 Å². The summed E-state index contributed by atoms with van der Waals surface area (Å²) in [5.74, 6) is 0.586. The molecule has 3 aromatic heterocycles. The van der Waals surface area contributed by atoms with Crippen molar-refractivity contribution in [1.29, 1.82) is 0 Å². The van der Waals surface area contributed by atoms with E-state index in [4.69, 9.17) is 4.42 Å². The molecular weight excluding hydrogens is 360 g/mol. The third-order valence-corrected chi connectivity index (χ3v) is 5.46. The van der Waals surface area contributed by atoms with Gasteiger partial charge in [-0.1, -0.05) is 18.2 Å². The molecule has 6 nitrogen and oxygen atoms in total. The fraction of sp³-hybridized carbons (Fsp3) is 0.150. The molecule has 27 heavy (non-hydrogen) atoms. The highest BCUT2D eigenvalue weighted by Gasteiger charge is 2.17. The number of nitrogens with zero attached hydrogens (tertiary/aromatic N) is 3. The van der Waals surface area contributed by atoms with Crippen LogP contribution in [0.1, 0.15) is 26.6 Å². The Morgan fingerprint density at radius 2 is 2.00 bits per heavy atom.